The van der Waals surface area contributed by atoms with Crippen LogP contribution in [-0.2, 0) is 24.9 Å². The summed E-state index contributed by atoms with van der Waals surface area (Å²) >= 11 is 0. The number of carboxylic acid groups (broad SMARTS) is 1. The van der Waals surface area contributed by atoms with Crippen molar-refractivity contribution in [3.8, 4) is 11.4 Å². The number of aliphatic hydroxyl groups is 1. The number of fused-ring (bicyclic) bond motifs is 1. The summed E-state index contributed by atoms with van der Waals surface area (Å²) in [7, 11) is 1.75. The average Bonchev–Trinajstić information content (AvgIpc) is 3.15. The van der Waals surface area contributed by atoms with Crippen LogP contribution in [0.5, 0.6) is 0 Å². The first-order valence-corrected chi connectivity index (χ1v) is 11.8. The van der Waals surface area contributed by atoms with Crippen molar-refractivity contribution >= 4 is 29.4 Å². The van der Waals surface area contributed by atoms with Crippen LogP contribution in [0, 0.1) is 12.8 Å². The number of nitrogens with one attached hydrogen (secondary N) is 2. The summed E-state index contributed by atoms with van der Waals surface area (Å²) in [5, 5.41) is 25.5. The Kier molecular flexibility index (Phi) is 8.71. The molecule has 2 aromatic heterocycles. The molecule has 0 aliphatic carbocycles. The summed E-state index contributed by atoms with van der Waals surface area (Å²) in [6.45, 7) is 6.36. The van der Waals surface area contributed by atoms with Gasteiger partial charge in [-0.15, -0.1) is 12.4 Å². The highest BCUT2D eigenvalue weighted by Gasteiger charge is 2.23. The molecule has 4 rings (SSSR count). The Morgan fingerprint density at radius 3 is 2.74 bits per heavy atom. The number of rotatable bonds is 8. The molecular formula is C25H34ClN5O4. The Hall–Kier alpha value is -2.72. The van der Waals surface area contributed by atoms with Crippen LogP contribution in [0.25, 0.3) is 22.4 Å². The molecule has 3 heterocycles. The van der Waals surface area contributed by atoms with Crippen molar-refractivity contribution in [2.24, 2.45) is 13.0 Å². The van der Waals surface area contributed by atoms with Crippen molar-refractivity contribution in [2.75, 3.05) is 13.1 Å². The van der Waals surface area contributed by atoms with Crippen LogP contribution in [0.1, 0.15) is 30.9 Å². The van der Waals surface area contributed by atoms with E-state index in [-0.39, 0.29) is 18.0 Å². The zero-order valence-electron chi connectivity index (χ0n) is 20.3. The summed E-state index contributed by atoms with van der Waals surface area (Å²) in [6, 6.07) is 6.74. The van der Waals surface area contributed by atoms with Crippen LogP contribution >= 0.6 is 12.4 Å². The van der Waals surface area contributed by atoms with Gasteiger partial charge in [0.2, 0.25) is 0 Å². The molecule has 3 atom stereocenters. The monoisotopic (exact) mass is 503 g/mol. The van der Waals surface area contributed by atoms with E-state index in [2.05, 4.69) is 15.2 Å². The zero-order chi connectivity index (χ0) is 24.4. The van der Waals surface area contributed by atoms with Crippen LogP contribution in [-0.4, -0.2) is 55.5 Å². The fourth-order valence-electron chi connectivity index (χ4n) is 4.71. The summed E-state index contributed by atoms with van der Waals surface area (Å²) in [5.41, 5.74) is 4.25. The van der Waals surface area contributed by atoms with Crippen molar-refractivity contribution < 1.29 is 15.0 Å². The molecule has 0 amide bonds. The topological polar surface area (TPSA) is 121 Å². The van der Waals surface area contributed by atoms with Gasteiger partial charge in [0.15, 0.2) is 0 Å². The molecule has 0 spiro atoms. The first-order chi connectivity index (χ1) is 16.2. The van der Waals surface area contributed by atoms with Gasteiger partial charge in [-0.2, -0.15) is 0 Å². The van der Waals surface area contributed by atoms with Crippen LogP contribution < -0.4 is 16.2 Å². The van der Waals surface area contributed by atoms with Gasteiger partial charge in [0, 0.05) is 37.5 Å². The molecular weight excluding hydrogens is 470 g/mol. The number of piperidine rings is 1. The molecule has 190 valence electrons. The van der Waals surface area contributed by atoms with Crippen LogP contribution in [0.3, 0.4) is 0 Å². The van der Waals surface area contributed by atoms with Gasteiger partial charge in [-0.1, -0.05) is 6.07 Å². The number of hydrogen-bond acceptors (Lipinski definition) is 6. The van der Waals surface area contributed by atoms with E-state index in [4.69, 9.17) is 4.98 Å². The van der Waals surface area contributed by atoms with Crippen molar-refractivity contribution in [3.05, 3.63) is 51.9 Å². The number of carbonyl (C=O) groups is 1. The molecule has 0 radical (unpaired) electrons. The Bertz CT molecular complexity index is 1220. The highest BCUT2D eigenvalue weighted by Crippen LogP contribution is 2.28. The minimum atomic E-state index is -1.08. The number of aryl methyl sites for hydroxylation is 2. The lowest BCUT2D eigenvalue weighted by Gasteiger charge is -2.24. The molecule has 9 nitrogen and oxygen atoms in total. The number of aliphatic hydroxyl groups excluding tert-OH is 1. The SMILES string of the molecule is Cc1cc(-c2nc3ccc(CN[C@H](C(=O)O)[C@@H](C)O)cc3n2CC2CCCNC2)cn(C)c1=O.Cl. The lowest BCUT2D eigenvalue weighted by atomic mass is 9.99. The van der Waals surface area contributed by atoms with Gasteiger partial charge < -0.3 is 24.7 Å². The second-order valence-corrected chi connectivity index (χ2v) is 9.35. The number of pyridine rings is 1. The highest BCUT2D eigenvalue weighted by atomic mass is 35.5. The molecule has 35 heavy (non-hydrogen) atoms. The lowest BCUT2D eigenvalue weighted by molar-refractivity contribution is -0.142. The zero-order valence-corrected chi connectivity index (χ0v) is 21.1. The number of aromatic nitrogens is 3. The standard InChI is InChI=1S/C25H33N5O4.ClH/c1-15-9-19(14-29(3)24(15)32)23-28-20-7-6-17(12-27-22(16(2)31)25(33)34)10-21(20)30(23)13-18-5-4-8-26-11-18;/h6-7,9-10,14,16,18,22,26-27,31H,4-5,8,11-13H2,1-3H3,(H,33,34);1H/t16-,18?,22+;/m1./s1. The number of nitrogens with zero attached hydrogens (tertiary/aromatic N) is 3. The fourth-order valence-corrected chi connectivity index (χ4v) is 4.71. The van der Waals surface area contributed by atoms with Gasteiger partial charge in [-0.3, -0.25) is 14.9 Å². The van der Waals surface area contributed by atoms with Crippen molar-refractivity contribution in [1.29, 1.82) is 0 Å². The molecule has 1 fully saturated rings. The van der Waals surface area contributed by atoms with Crippen LogP contribution in [0.15, 0.2) is 35.3 Å². The molecule has 0 bridgehead atoms. The smallest absolute Gasteiger partial charge is 0.323 e. The maximum atomic E-state index is 12.3. The lowest BCUT2D eigenvalue weighted by Crippen LogP contribution is -2.44. The maximum Gasteiger partial charge on any atom is 0.323 e. The van der Waals surface area contributed by atoms with Gasteiger partial charge in [0.25, 0.3) is 5.56 Å². The number of benzene rings is 1. The molecule has 3 aromatic rings. The second-order valence-electron chi connectivity index (χ2n) is 9.35. The molecule has 1 aliphatic rings. The Balaban J connectivity index is 0.00000342. The first kappa shape index (κ1) is 26.9. The fraction of sp³-hybridized carbons (Fsp3) is 0.480. The maximum absolute atomic E-state index is 12.3. The number of aliphatic carboxylic acids is 1. The summed E-state index contributed by atoms with van der Waals surface area (Å²) in [4.78, 5) is 28.6. The van der Waals surface area contributed by atoms with E-state index in [1.165, 1.54) is 6.92 Å². The van der Waals surface area contributed by atoms with E-state index in [1.807, 2.05) is 37.4 Å². The predicted octanol–water partition coefficient (Wildman–Crippen LogP) is 2.06. The number of halogens is 1. The van der Waals surface area contributed by atoms with Gasteiger partial charge in [-0.25, -0.2) is 4.98 Å². The van der Waals surface area contributed by atoms with Gasteiger partial charge >= 0.3 is 5.97 Å². The predicted molar refractivity (Wildman–Crippen MR) is 138 cm³/mol. The van der Waals surface area contributed by atoms with Crippen molar-refractivity contribution in [3.63, 3.8) is 0 Å². The van der Waals surface area contributed by atoms with Gasteiger partial charge in [-0.05, 0) is 69.5 Å². The third kappa shape index (κ3) is 5.92. The van der Waals surface area contributed by atoms with E-state index in [0.717, 1.165) is 60.5 Å². The van der Waals surface area contributed by atoms with Crippen molar-refractivity contribution in [2.45, 2.75) is 51.9 Å². The van der Waals surface area contributed by atoms with Crippen molar-refractivity contribution in [1.82, 2.24) is 24.8 Å². The molecule has 4 N–H and O–H groups in total. The summed E-state index contributed by atoms with van der Waals surface area (Å²) in [6.07, 6.45) is 3.09. The minimum absolute atomic E-state index is 0. The molecule has 1 aliphatic heterocycles. The first-order valence-electron chi connectivity index (χ1n) is 11.8. The van der Waals surface area contributed by atoms with Gasteiger partial charge in [0.05, 0.1) is 17.1 Å². The van der Waals surface area contributed by atoms with Crippen LogP contribution in [0.4, 0.5) is 0 Å². The Labute approximate surface area is 210 Å². The second kappa shape index (κ2) is 11.3. The quantitative estimate of drug-likeness (QED) is 0.371. The van der Waals surface area contributed by atoms with E-state index in [1.54, 1.807) is 11.6 Å². The number of carboxylic acids is 1. The third-order valence-corrected chi connectivity index (χ3v) is 6.55. The van der Waals surface area contributed by atoms with Crippen LogP contribution in [0.2, 0.25) is 0 Å². The summed E-state index contributed by atoms with van der Waals surface area (Å²) < 4.78 is 3.81. The van der Waals surface area contributed by atoms with E-state index in [9.17, 15) is 19.8 Å². The Morgan fingerprint density at radius 1 is 1.34 bits per heavy atom. The van der Waals surface area contributed by atoms with E-state index in [0.29, 0.717) is 18.0 Å². The Morgan fingerprint density at radius 2 is 2.11 bits per heavy atom. The highest BCUT2D eigenvalue weighted by molar-refractivity contribution is 5.85. The molecule has 0 saturated carbocycles. The summed E-state index contributed by atoms with van der Waals surface area (Å²) in [5.74, 6) is 0.196. The third-order valence-electron chi connectivity index (χ3n) is 6.55. The molecule has 1 aromatic carbocycles. The molecule has 10 heteroatoms. The van der Waals surface area contributed by atoms with E-state index < -0.39 is 18.1 Å². The van der Waals surface area contributed by atoms with Gasteiger partial charge in [0.1, 0.15) is 11.9 Å². The normalized spacial score (nSPS) is 17.7. The number of imidazole rings is 1. The molecule has 1 unspecified atom stereocenters. The molecule has 1 saturated heterocycles. The largest absolute Gasteiger partial charge is 0.480 e. The minimum Gasteiger partial charge on any atom is -0.480 e. The average molecular weight is 504 g/mol. The number of hydrogen-bond donors (Lipinski definition) is 4. The van der Waals surface area contributed by atoms with E-state index >= 15 is 0 Å².